The quantitative estimate of drug-likeness (QED) is 0.158. The normalized spacial score (nSPS) is 12.1. The summed E-state index contributed by atoms with van der Waals surface area (Å²) in [6.07, 6.45) is 4.88. The van der Waals surface area contributed by atoms with E-state index in [1.54, 1.807) is 0 Å². The molecule has 0 aliphatic rings. The molecule has 1 aromatic carbocycles. The largest absolute Gasteiger partial charge is 0.399 e. The topological polar surface area (TPSA) is 84.0 Å². The van der Waals surface area contributed by atoms with Crippen LogP contribution in [-0.4, -0.2) is 41.0 Å². The zero-order chi connectivity index (χ0) is 28.2. The van der Waals surface area contributed by atoms with Crippen LogP contribution >= 0.6 is 0 Å². The first-order valence-electron chi connectivity index (χ1n) is 12.5. The minimum atomic E-state index is -3.10. The molecule has 0 aliphatic heterocycles. The van der Waals surface area contributed by atoms with Gasteiger partial charge >= 0.3 is 0 Å². The number of rotatable bonds is 10. The molecule has 0 aliphatic carbocycles. The van der Waals surface area contributed by atoms with Gasteiger partial charge in [-0.05, 0) is 62.2 Å². The van der Waals surface area contributed by atoms with Gasteiger partial charge in [0.15, 0.2) is 0 Å². The van der Waals surface area contributed by atoms with Crippen LogP contribution in [0, 0.1) is 17.6 Å². The third-order valence-electron chi connectivity index (χ3n) is 5.72. The molecule has 0 fully saturated rings. The number of fused-ring (bicyclic) bond motifs is 1. The van der Waals surface area contributed by atoms with Crippen molar-refractivity contribution < 1.29 is 17.6 Å². The Bertz CT molecular complexity index is 1060. The Morgan fingerprint density at radius 1 is 1.11 bits per heavy atom. The van der Waals surface area contributed by atoms with Gasteiger partial charge in [-0.25, -0.2) is 22.5 Å². The van der Waals surface area contributed by atoms with E-state index in [4.69, 9.17) is 11.5 Å². The molecular weight excluding hydrogens is 482 g/mol. The number of aromatic amines is 1. The zero-order valence-electron chi connectivity index (χ0n) is 22.4. The monoisotopic (exact) mass is 523 g/mol. The zero-order valence-corrected chi connectivity index (χ0v) is 22.4. The molecule has 0 spiro atoms. The molecule has 9 heteroatoms. The molecule has 1 unspecified atom stereocenters. The van der Waals surface area contributed by atoms with Crippen molar-refractivity contribution in [2.45, 2.75) is 52.9 Å². The highest BCUT2D eigenvalue weighted by Gasteiger charge is 2.29. The van der Waals surface area contributed by atoms with Crippen LogP contribution in [0.25, 0.3) is 11.0 Å². The minimum Gasteiger partial charge on any atom is -0.399 e. The second-order valence-corrected chi connectivity index (χ2v) is 9.07. The molecule has 37 heavy (non-hydrogen) atoms. The van der Waals surface area contributed by atoms with Crippen molar-refractivity contribution in [2.75, 3.05) is 31.9 Å². The second kappa shape index (κ2) is 15.4. The Hall–Kier alpha value is -2.91. The fourth-order valence-corrected chi connectivity index (χ4v) is 4.04. The van der Waals surface area contributed by atoms with Gasteiger partial charge in [-0.15, -0.1) is 13.2 Å². The van der Waals surface area contributed by atoms with Gasteiger partial charge in [-0.2, -0.15) is 0 Å². The number of halogens is 4. The number of nitrogen functional groups attached to an aromatic ring is 1. The van der Waals surface area contributed by atoms with Crippen LogP contribution in [0.1, 0.15) is 57.2 Å². The third kappa shape index (κ3) is 9.48. The molecule has 2 aromatic heterocycles. The van der Waals surface area contributed by atoms with Gasteiger partial charge in [-0.1, -0.05) is 20.8 Å². The van der Waals surface area contributed by atoms with Crippen LogP contribution in [0.5, 0.6) is 0 Å². The molecule has 0 saturated heterocycles. The average molecular weight is 524 g/mol. The molecule has 1 atom stereocenters. The summed E-state index contributed by atoms with van der Waals surface area (Å²) < 4.78 is 55.4. The third-order valence-corrected chi connectivity index (χ3v) is 5.72. The lowest BCUT2D eigenvalue weighted by Crippen LogP contribution is -2.32. The molecule has 3 rings (SSSR count). The van der Waals surface area contributed by atoms with Crippen LogP contribution in [0.2, 0.25) is 0 Å². The number of hydrogen-bond donors (Lipinski definition) is 3. The maximum atomic E-state index is 14.0. The van der Waals surface area contributed by atoms with E-state index in [0.29, 0.717) is 11.5 Å². The van der Waals surface area contributed by atoms with Gasteiger partial charge in [0.05, 0.1) is 0 Å². The fourth-order valence-electron chi connectivity index (χ4n) is 4.04. The van der Waals surface area contributed by atoms with Crippen molar-refractivity contribution in [3.63, 3.8) is 0 Å². The number of benzene rings is 1. The Morgan fingerprint density at radius 2 is 1.68 bits per heavy atom. The van der Waals surface area contributed by atoms with Gasteiger partial charge < -0.3 is 21.4 Å². The van der Waals surface area contributed by atoms with Crippen molar-refractivity contribution in [2.24, 2.45) is 11.7 Å². The molecule has 206 valence electrons. The lowest BCUT2D eigenvalue weighted by Gasteiger charge is -2.23. The fraction of sp³-hybridized carbons (Fsp3) is 0.464. The summed E-state index contributed by atoms with van der Waals surface area (Å²) >= 11 is 0. The predicted octanol–water partition coefficient (Wildman–Crippen LogP) is 6.63. The van der Waals surface area contributed by atoms with Crippen molar-refractivity contribution in [1.82, 2.24) is 14.9 Å². The molecule has 0 amide bonds. The highest BCUT2D eigenvalue weighted by atomic mass is 19.3. The van der Waals surface area contributed by atoms with Crippen molar-refractivity contribution in [3.8, 4) is 0 Å². The van der Waals surface area contributed by atoms with Crippen LogP contribution in [0.3, 0.4) is 0 Å². The molecule has 2 heterocycles. The van der Waals surface area contributed by atoms with E-state index >= 15 is 0 Å². The number of nitrogens with zero attached hydrogens (tertiary/aromatic N) is 2. The summed E-state index contributed by atoms with van der Waals surface area (Å²) in [5.74, 6) is -4.09. The van der Waals surface area contributed by atoms with Gasteiger partial charge in [0.25, 0.3) is 5.92 Å². The molecule has 3 aromatic rings. The maximum absolute atomic E-state index is 14.0. The standard InChI is InChI=1S/C16H13F4N3.C10H24N2.C2H4/c1-16(19,20)11-7-23-15-14(11)8(2-3-22-15)4-10-12(17)5-9(21)6-13(10)18;1-4-6-12(7-5-2)9-10(3)8-11;1-2/h2-3,5-7H,4,21H2,1H3,(H,22,23);10H,4-9,11H2,1-3H3;1-2H2. The first-order valence-corrected chi connectivity index (χ1v) is 12.5. The van der Waals surface area contributed by atoms with Crippen LogP contribution in [0.4, 0.5) is 23.2 Å². The number of pyridine rings is 1. The molecular formula is C28H41F4N5. The van der Waals surface area contributed by atoms with E-state index in [9.17, 15) is 17.6 Å². The van der Waals surface area contributed by atoms with E-state index in [2.05, 4.69) is 48.8 Å². The highest BCUT2D eigenvalue weighted by molar-refractivity contribution is 5.84. The van der Waals surface area contributed by atoms with E-state index in [-0.39, 0.29) is 34.3 Å². The average Bonchev–Trinajstić information content (AvgIpc) is 3.29. The van der Waals surface area contributed by atoms with Gasteiger partial charge in [0.2, 0.25) is 0 Å². The Labute approximate surface area is 217 Å². The number of alkyl halides is 2. The number of hydrogen-bond acceptors (Lipinski definition) is 4. The summed E-state index contributed by atoms with van der Waals surface area (Å²) in [5, 5.41) is 0.177. The number of nitrogens with two attached hydrogens (primary N) is 2. The summed E-state index contributed by atoms with van der Waals surface area (Å²) in [6, 6.07) is 3.48. The predicted molar refractivity (Wildman–Crippen MR) is 146 cm³/mol. The molecule has 0 radical (unpaired) electrons. The second-order valence-electron chi connectivity index (χ2n) is 9.07. The molecule has 5 nitrogen and oxygen atoms in total. The number of H-pyrrole nitrogens is 1. The van der Waals surface area contributed by atoms with Crippen LogP contribution in [0.15, 0.2) is 43.8 Å². The number of aromatic nitrogens is 2. The first-order chi connectivity index (χ1) is 17.5. The number of anilines is 1. The molecule has 5 N–H and O–H groups in total. The lowest BCUT2D eigenvalue weighted by atomic mass is 9.98. The van der Waals surface area contributed by atoms with E-state index in [0.717, 1.165) is 38.3 Å². The summed E-state index contributed by atoms with van der Waals surface area (Å²) in [6.45, 7) is 17.9. The summed E-state index contributed by atoms with van der Waals surface area (Å²) in [4.78, 5) is 9.15. The summed E-state index contributed by atoms with van der Waals surface area (Å²) in [5.41, 5.74) is 11.1. The van der Waals surface area contributed by atoms with Gasteiger partial charge in [0.1, 0.15) is 17.3 Å². The Kier molecular flexibility index (Phi) is 13.3. The smallest absolute Gasteiger partial charge is 0.272 e. The van der Waals surface area contributed by atoms with E-state index in [1.807, 2.05) is 0 Å². The first kappa shape index (κ1) is 32.1. The van der Waals surface area contributed by atoms with E-state index in [1.165, 1.54) is 38.2 Å². The summed E-state index contributed by atoms with van der Waals surface area (Å²) in [7, 11) is 0. The van der Waals surface area contributed by atoms with Crippen LogP contribution < -0.4 is 11.5 Å². The number of nitrogens with one attached hydrogen (secondary N) is 1. The highest BCUT2D eigenvalue weighted by Crippen LogP contribution is 2.35. The lowest BCUT2D eigenvalue weighted by molar-refractivity contribution is 0.0190. The molecule has 0 saturated carbocycles. The SMILES string of the molecule is C=C.CC(F)(F)c1c[nH]c2nccc(Cc3c(F)cc(N)cc3F)c12.CCCN(CCC)CC(C)CN. The van der Waals surface area contributed by atoms with Crippen molar-refractivity contribution in [3.05, 3.63) is 72.1 Å². The minimum absolute atomic E-state index is 0.0361. The van der Waals surface area contributed by atoms with Gasteiger partial charge in [0, 0.05) is 54.5 Å². The van der Waals surface area contributed by atoms with Crippen molar-refractivity contribution >= 4 is 16.7 Å². The molecule has 0 bridgehead atoms. The van der Waals surface area contributed by atoms with E-state index < -0.39 is 17.6 Å². The van der Waals surface area contributed by atoms with Crippen molar-refractivity contribution in [1.29, 1.82) is 0 Å². The van der Waals surface area contributed by atoms with Gasteiger partial charge in [-0.3, -0.25) is 0 Å². The Balaban J connectivity index is 0.000000417. The van der Waals surface area contributed by atoms with Crippen LogP contribution in [-0.2, 0) is 12.3 Å². The Morgan fingerprint density at radius 3 is 2.16 bits per heavy atom. The maximum Gasteiger partial charge on any atom is 0.272 e.